The molecule has 0 saturated carbocycles. The highest BCUT2D eigenvalue weighted by atomic mass is 16.6. The third kappa shape index (κ3) is 3.59. The second kappa shape index (κ2) is 5.99. The molecule has 16 heavy (non-hydrogen) atoms. The number of nitro groups is 1. The molecule has 0 aliphatic heterocycles. The molecule has 1 aliphatic carbocycles. The first-order valence-corrected chi connectivity index (χ1v) is 5.97. The topological polar surface area (TPSA) is 52.4 Å². The molecule has 1 aliphatic rings. The minimum absolute atomic E-state index is 0.204. The Bertz CT molecular complexity index is 275. The van der Waals surface area contributed by atoms with Crippen molar-refractivity contribution in [3.05, 3.63) is 21.8 Å². The van der Waals surface area contributed by atoms with Gasteiger partial charge in [0.25, 0.3) is 0 Å². The lowest BCUT2D eigenvalue weighted by molar-refractivity contribution is -0.534. The van der Waals surface area contributed by atoms with Crippen molar-refractivity contribution in [2.45, 2.75) is 52.2 Å². The summed E-state index contributed by atoms with van der Waals surface area (Å²) < 4.78 is 5.66. The summed E-state index contributed by atoms with van der Waals surface area (Å²) in [5, 5.41) is 10.9. The second-order valence-electron chi connectivity index (χ2n) is 4.72. The van der Waals surface area contributed by atoms with Gasteiger partial charge in [-0.1, -0.05) is 31.9 Å². The Morgan fingerprint density at radius 1 is 1.69 bits per heavy atom. The Labute approximate surface area is 96.8 Å². The van der Waals surface area contributed by atoms with Crippen LogP contribution in [-0.4, -0.2) is 23.7 Å². The predicted molar refractivity (Wildman–Crippen MR) is 63.0 cm³/mol. The van der Waals surface area contributed by atoms with Crippen LogP contribution in [0.5, 0.6) is 0 Å². The van der Waals surface area contributed by atoms with E-state index in [0.29, 0.717) is 18.9 Å². The minimum Gasteiger partial charge on any atom is -0.367 e. The summed E-state index contributed by atoms with van der Waals surface area (Å²) in [7, 11) is 0. The van der Waals surface area contributed by atoms with Crippen LogP contribution in [0.15, 0.2) is 11.6 Å². The fourth-order valence-electron chi connectivity index (χ4n) is 1.79. The Hall–Kier alpha value is -0.900. The van der Waals surface area contributed by atoms with Gasteiger partial charge in [0, 0.05) is 11.3 Å². The van der Waals surface area contributed by atoms with Crippen LogP contribution < -0.4 is 0 Å². The highest BCUT2D eigenvalue weighted by Gasteiger charge is 2.33. The maximum absolute atomic E-state index is 10.9. The van der Waals surface area contributed by atoms with Crippen molar-refractivity contribution in [2.75, 3.05) is 6.61 Å². The first-order valence-electron chi connectivity index (χ1n) is 5.97. The molecule has 0 radical (unpaired) electrons. The molecule has 4 heteroatoms. The van der Waals surface area contributed by atoms with E-state index in [1.54, 1.807) is 0 Å². The third-order valence-corrected chi connectivity index (χ3v) is 3.20. The lowest BCUT2D eigenvalue weighted by Gasteiger charge is -2.24. The van der Waals surface area contributed by atoms with E-state index < -0.39 is 6.04 Å². The largest absolute Gasteiger partial charge is 0.367 e. The summed E-state index contributed by atoms with van der Waals surface area (Å²) in [4.78, 5) is 10.7. The lowest BCUT2D eigenvalue weighted by atomic mass is 9.94. The van der Waals surface area contributed by atoms with Crippen LogP contribution >= 0.6 is 0 Å². The van der Waals surface area contributed by atoms with Gasteiger partial charge in [-0.05, 0) is 19.3 Å². The summed E-state index contributed by atoms with van der Waals surface area (Å²) in [6.45, 7) is 6.81. The van der Waals surface area contributed by atoms with Crippen LogP contribution in [0.25, 0.3) is 0 Å². The van der Waals surface area contributed by atoms with Crippen molar-refractivity contribution < 1.29 is 9.66 Å². The summed E-state index contributed by atoms with van der Waals surface area (Å²) >= 11 is 0. The Morgan fingerprint density at radius 3 is 2.94 bits per heavy atom. The van der Waals surface area contributed by atoms with Crippen LogP contribution in [0.3, 0.4) is 0 Å². The molecule has 3 atom stereocenters. The van der Waals surface area contributed by atoms with Crippen molar-refractivity contribution in [1.29, 1.82) is 0 Å². The molecule has 0 spiro atoms. The fraction of sp³-hybridized carbons (Fsp3) is 0.833. The van der Waals surface area contributed by atoms with Gasteiger partial charge in [0.15, 0.2) is 0 Å². The molecule has 4 nitrogen and oxygen atoms in total. The number of allylic oxidation sites excluding steroid dienone is 1. The van der Waals surface area contributed by atoms with Gasteiger partial charge in [-0.2, -0.15) is 0 Å². The molecule has 1 rings (SSSR count). The SMILES string of the molecule is CCC(C)CO[C@H]1C=C(C)CC[C@H]1[N+](=O)[O-]. The van der Waals surface area contributed by atoms with Gasteiger partial charge in [0.05, 0.1) is 6.61 Å². The molecule has 0 aromatic heterocycles. The number of nitrogens with zero attached hydrogens (tertiary/aromatic N) is 1. The van der Waals surface area contributed by atoms with Gasteiger partial charge in [0.1, 0.15) is 6.10 Å². The molecule has 0 fully saturated rings. The van der Waals surface area contributed by atoms with E-state index >= 15 is 0 Å². The van der Waals surface area contributed by atoms with Crippen LogP contribution in [-0.2, 0) is 4.74 Å². The van der Waals surface area contributed by atoms with E-state index in [9.17, 15) is 10.1 Å². The van der Waals surface area contributed by atoms with Crippen LogP contribution in [0, 0.1) is 16.0 Å². The highest BCUT2D eigenvalue weighted by Crippen LogP contribution is 2.23. The molecule has 0 amide bonds. The van der Waals surface area contributed by atoms with Crippen molar-refractivity contribution >= 4 is 0 Å². The van der Waals surface area contributed by atoms with Crippen LogP contribution in [0.2, 0.25) is 0 Å². The molecule has 0 heterocycles. The summed E-state index contributed by atoms with van der Waals surface area (Å²) in [6.07, 6.45) is 4.03. The number of rotatable bonds is 5. The summed E-state index contributed by atoms with van der Waals surface area (Å²) in [6, 6.07) is -0.562. The zero-order valence-electron chi connectivity index (χ0n) is 10.3. The molecule has 0 aromatic rings. The van der Waals surface area contributed by atoms with Gasteiger partial charge in [-0.25, -0.2) is 0 Å². The van der Waals surface area contributed by atoms with Crippen LogP contribution in [0.4, 0.5) is 0 Å². The number of ether oxygens (including phenoxy) is 1. The first-order chi connectivity index (χ1) is 7.54. The van der Waals surface area contributed by atoms with E-state index in [1.165, 1.54) is 5.57 Å². The normalized spacial score (nSPS) is 27.3. The molecule has 1 unspecified atom stereocenters. The number of hydrogen-bond donors (Lipinski definition) is 0. The van der Waals surface area contributed by atoms with Gasteiger partial charge < -0.3 is 4.74 Å². The highest BCUT2D eigenvalue weighted by molar-refractivity contribution is 5.09. The molecular weight excluding hydrogens is 206 g/mol. The maximum atomic E-state index is 10.9. The quantitative estimate of drug-likeness (QED) is 0.412. The molecule has 0 saturated heterocycles. The molecule has 92 valence electrons. The van der Waals surface area contributed by atoms with Crippen molar-refractivity contribution in [3.8, 4) is 0 Å². The van der Waals surface area contributed by atoms with Gasteiger partial charge >= 0.3 is 0 Å². The first kappa shape index (κ1) is 13.2. The van der Waals surface area contributed by atoms with Crippen LogP contribution in [0.1, 0.15) is 40.0 Å². The zero-order chi connectivity index (χ0) is 12.1. The van der Waals surface area contributed by atoms with E-state index in [4.69, 9.17) is 4.74 Å². The third-order valence-electron chi connectivity index (χ3n) is 3.20. The van der Waals surface area contributed by atoms with Gasteiger partial charge in [0.2, 0.25) is 6.04 Å². The molecule has 0 N–H and O–H groups in total. The molecular formula is C12H21NO3. The van der Waals surface area contributed by atoms with E-state index in [0.717, 1.165) is 12.8 Å². The fourth-order valence-corrected chi connectivity index (χ4v) is 1.79. The Kier molecular flexibility index (Phi) is 4.93. The Balaban J connectivity index is 2.58. The van der Waals surface area contributed by atoms with Crippen molar-refractivity contribution in [1.82, 2.24) is 0 Å². The number of hydrogen-bond acceptors (Lipinski definition) is 3. The van der Waals surface area contributed by atoms with Crippen molar-refractivity contribution in [2.24, 2.45) is 5.92 Å². The molecule has 0 aromatic carbocycles. The molecule has 0 bridgehead atoms. The monoisotopic (exact) mass is 227 g/mol. The van der Waals surface area contributed by atoms with Gasteiger partial charge in [-0.15, -0.1) is 0 Å². The predicted octanol–water partition coefficient (Wildman–Crippen LogP) is 2.80. The standard InChI is InChI=1S/C12H21NO3/c1-4-9(2)8-16-12-7-10(3)5-6-11(12)13(14)15/h7,9,11-12H,4-6,8H2,1-3H3/t9?,11-,12+/m1/s1. The zero-order valence-corrected chi connectivity index (χ0v) is 10.3. The van der Waals surface area contributed by atoms with E-state index in [1.807, 2.05) is 13.0 Å². The smallest absolute Gasteiger partial charge is 0.242 e. The lowest BCUT2D eigenvalue weighted by Crippen LogP contribution is -2.37. The van der Waals surface area contributed by atoms with Crippen molar-refractivity contribution in [3.63, 3.8) is 0 Å². The second-order valence-corrected chi connectivity index (χ2v) is 4.72. The van der Waals surface area contributed by atoms with E-state index in [-0.39, 0.29) is 11.0 Å². The average Bonchev–Trinajstić information content (AvgIpc) is 2.25. The summed E-state index contributed by atoms with van der Waals surface area (Å²) in [5.41, 5.74) is 1.20. The minimum atomic E-state index is -0.562. The Morgan fingerprint density at radius 2 is 2.38 bits per heavy atom. The summed E-state index contributed by atoms with van der Waals surface area (Å²) in [5.74, 6) is 0.461. The van der Waals surface area contributed by atoms with E-state index in [2.05, 4.69) is 13.8 Å². The van der Waals surface area contributed by atoms with Gasteiger partial charge in [-0.3, -0.25) is 10.1 Å². The maximum Gasteiger partial charge on any atom is 0.242 e. The average molecular weight is 227 g/mol.